The minimum absolute atomic E-state index is 0.492. The Morgan fingerprint density at radius 1 is 0.889 bits per heavy atom. The highest BCUT2D eigenvalue weighted by Gasteiger charge is 2.21. The Morgan fingerprint density at radius 2 is 1.28 bits per heavy atom. The molecule has 0 radical (unpaired) electrons. The molecule has 0 bridgehead atoms. The van der Waals surface area contributed by atoms with Crippen LogP contribution >= 0.6 is 22.7 Å². The Bertz CT molecular complexity index is 600. The monoisotopic (exact) mass is 276 g/mol. The quantitative estimate of drug-likeness (QED) is 0.863. The van der Waals surface area contributed by atoms with Crippen LogP contribution in [0.3, 0.4) is 0 Å². The third-order valence-corrected chi connectivity index (χ3v) is 4.43. The second-order valence-electron chi connectivity index (χ2n) is 3.25. The van der Waals surface area contributed by atoms with Crippen molar-refractivity contribution in [1.82, 2.24) is 0 Å². The van der Waals surface area contributed by atoms with Crippen molar-refractivity contribution in [2.24, 2.45) is 0 Å². The number of hydrogen-bond acceptors (Lipinski definition) is 6. The molecule has 0 amide bonds. The van der Waals surface area contributed by atoms with Crippen LogP contribution in [0.1, 0.15) is 11.1 Å². The molecular weight excluding hydrogens is 268 g/mol. The predicted octanol–water partition coefficient (Wildman–Crippen LogP) is 3.24. The average Bonchev–Trinajstić information content (AvgIpc) is 3.00. The van der Waals surface area contributed by atoms with Crippen molar-refractivity contribution >= 4 is 22.7 Å². The molecule has 0 aliphatic carbocycles. The molecule has 4 nitrogen and oxygen atoms in total. The second-order valence-corrected chi connectivity index (χ2v) is 5.01. The highest BCUT2D eigenvalue weighted by Crippen LogP contribution is 2.47. The summed E-state index contributed by atoms with van der Waals surface area (Å²) in [5.74, 6) is 1.07. The summed E-state index contributed by atoms with van der Waals surface area (Å²) in [5, 5.41) is 21.4. The number of ether oxygens (including phenoxy) is 2. The normalized spacial score (nSPS) is 9.56. The Kier molecular flexibility index (Phi) is 3.52. The van der Waals surface area contributed by atoms with Crippen molar-refractivity contribution in [3.63, 3.8) is 0 Å². The first-order chi connectivity index (χ1) is 8.76. The lowest BCUT2D eigenvalue weighted by molar-refractivity contribution is 0.411. The van der Waals surface area contributed by atoms with Crippen molar-refractivity contribution < 1.29 is 9.47 Å². The van der Waals surface area contributed by atoms with Crippen molar-refractivity contribution in [3.8, 4) is 33.4 Å². The van der Waals surface area contributed by atoms with Crippen LogP contribution in [-0.4, -0.2) is 14.2 Å². The molecule has 2 heterocycles. The first-order valence-corrected chi connectivity index (χ1v) is 6.64. The maximum Gasteiger partial charge on any atom is 0.156 e. The van der Waals surface area contributed by atoms with Gasteiger partial charge >= 0.3 is 0 Å². The number of methoxy groups -OCH3 is 2. The molecule has 2 aromatic rings. The minimum Gasteiger partial charge on any atom is -0.494 e. The summed E-state index contributed by atoms with van der Waals surface area (Å²) in [6.45, 7) is 0. The SMILES string of the molecule is COc1c(C#N)csc1-c1scc(C#N)c1OC. The van der Waals surface area contributed by atoms with Gasteiger partial charge in [-0.05, 0) is 0 Å². The number of rotatable bonds is 3. The van der Waals surface area contributed by atoms with E-state index in [1.165, 1.54) is 36.9 Å². The highest BCUT2D eigenvalue weighted by molar-refractivity contribution is 7.21. The molecule has 0 N–H and O–H groups in total. The van der Waals surface area contributed by atoms with Gasteiger partial charge in [-0.2, -0.15) is 10.5 Å². The van der Waals surface area contributed by atoms with Crippen molar-refractivity contribution in [3.05, 3.63) is 21.9 Å². The molecule has 2 aromatic heterocycles. The molecule has 0 aliphatic rings. The van der Waals surface area contributed by atoms with E-state index in [-0.39, 0.29) is 0 Å². The molecule has 0 aromatic carbocycles. The third-order valence-electron chi connectivity index (χ3n) is 2.35. The van der Waals surface area contributed by atoms with E-state index in [4.69, 9.17) is 20.0 Å². The molecule has 0 saturated carbocycles. The first kappa shape index (κ1) is 12.4. The van der Waals surface area contributed by atoms with Crippen LogP contribution < -0.4 is 9.47 Å². The first-order valence-electron chi connectivity index (χ1n) is 4.88. The van der Waals surface area contributed by atoms with Crippen LogP contribution in [0.5, 0.6) is 11.5 Å². The van der Waals surface area contributed by atoms with Crippen LogP contribution in [0.2, 0.25) is 0 Å². The van der Waals surface area contributed by atoms with Crippen LogP contribution in [-0.2, 0) is 0 Å². The van der Waals surface area contributed by atoms with Gasteiger partial charge in [-0.25, -0.2) is 0 Å². The largest absolute Gasteiger partial charge is 0.494 e. The Hall–Kier alpha value is -2.02. The summed E-state index contributed by atoms with van der Waals surface area (Å²) in [7, 11) is 3.05. The summed E-state index contributed by atoms with van der Waals surface area (Å²) in [6, 6.07) is 4.16. The van der Waals surface area contributed by atoms with Crippen molar-refractivity contribution in [2.75, 3.05) is 14.2 Å². The van der Waals surface area contributed by atoms with Gasteiger partial charge < -0.3 is 9.47 Å². The van der Waals surface area contributed by atoms with E-state index in [9.17, 15) is 0 Å². The number of thiophene rings is 2. The van der Waals surface area contributed by atoms with Crippen LogP contribution in [0, 0.1) is 22.7 Å². The molecule has 0 saturated heterocycles. The van der Waals surface area contributed by atoms with Gasteiger partial charge in [0.05, 0.1) is 24.0 Å². The standard InChI is InChI=1S/C12H8N2O2S2/c1-15-9-7(3-13)5-17-11(9)12-10(16-2)8(4-14)6-18-12/h5-6H,1-2H3. The minimum atomic E-state index is 0.492. The van der Waals surface area contributed by atoms with Gasteiger partial charge in [0, 0.05) is 10.8 Å². The summed E-state index contributed by atoms with van der Waals surface area (Å²) in [5.41, 5.74) is 0.984. The molecule has 90 valence electrons. The molecule has 0 spiro atoms. The molecular formula is C12H8N2O2S2. The number of nitrogens with zero attached hydrogens (tertiary/aromatic N) is 2. The van der Waals surface area contributed by atoms with Crippen molar-refractivity contribution in [1.29, 1.82) is 10.5 Å². The zero-order valence-electron chi connectivity index (χ0n) is 9.68. The van der Waals surface area contributed by atoms with Gasteiger partial charge in [-0.3, -0.25) is 0 Å². The van der Waals surface area contributed by atoms with Gasteiger partial charge in [-0.15, -0.1) is 22.7 Å². The van der Waals surface area contributed by atoms with E-state index in [1.807, 2.05) is 0 Å². The lowest BCUT2D eigenvalue weighted by Gasteiger charge is -2.04. The van der Waals surface area contributed by atoms with Gasteiger partial charge in [-0.1, -0.05) is 0 Å². The molecule has 18 heavy (non-hydrogen) atoms. The van der Waals surface area contributed by atoms with Crippen molar-refractivity contribution in [2.45, 2.75) is 0 Å². The predicted molar refractivity (Wildman–Crippen MR) is 70.2 cm³/mol. The highest BCUT2D eigenvalue weighted by atomic mass is 32.1. The number of hydrogen-bond donors (Lipinski definition) is 0. The molecule has 0 atom stereocenters. The Morgan fingerprint density at radius 3 is 1.56 bits per heavy atom. The Balaban J connectivity index is 2.64. The fraction of sp³-hybridized carbons (Fsp3) is 0.167. The smallest absolute Gasteiger partial charge is 0.156 e. The van der Waals surface area contributed by atoms with E-state index in [0.29, 0.717) is 22.6 Å². The van der Waals surface area contributed by atoms with Gasteiger partial charge in [0.2, 0.25) is 0 Å². The fourth-order valence-corrected chi connectivity index (χ4v) is 3.65. The lowest BCUT2D eigenvalue weighted by Crippen LogP contribution is -1.88. The average molecular weight is 276 g/mol. The van der Waals surface area contributed by atoms with E-state index in [0.717, 1.165) is 9.75 Å². The second kappa shape index (κ2) is 5.09. The molecule has 2 rings (SSSR count). The maximum atomic E-state index is 8.98. The van der Waals surface area contributed by atoms with E-state index in [1.54, 1.807) is 10.8 Å². The molecule has 0 aliphatic heterocycles. The van der Waals surface area contributed by atoms with Gasteiger partial charge in [0.1, 0.15) is 23.3 Å². The van der Waals surface area contributed by atoms with E-state index in [2.05, 4.69) is 12.1 Å². The number of nitriles is 2. The molecule has 0 fully saturated rings. The summed E-state index contributed by atoms with van der Waals surface area (Å²) >= 11 is 2.81. The maximum absolute atomic E-state index is 8.98. The van der Waals surface area contributed by atoms with E-state index < -0.39 is 0 Å². The molecule has 0 unspecified atom stereocenters. The summed E-state index contributed by atoms with van der Waals surface area (Å²) in [4.78, 5) is 1.63. The van der Waals surface area contributed by atoms with E-state index >= 15 is 0 Å². The summed E-state index contributed by atoms with van der Waals surface area (Å²) < 4.78 is 10.5. The van der Waals surface area contributed by atoms with Crippen LogP contribution in [0.25, 0.3) is 9.75 Å². The fourth-order valence-electron chi connectivity index (χ4n) is 1.57. The molecule has 6 heteroatoms. The van der Waals surface area contributed by atoms with Crippen LogP contribution in [0.4, 0.5) is 0 Å². The third kappa shape index (κ3) is 1.82. The van der Waals surface area contributed by atoms with Gasteiger partial charge in [0.25, 0.3) is 0 Å². The topological polar surface area (TPSA) is 66.0 Å². The summed E-state index contributed by atoms with van der Waals surface area (Å²) in [6.07, 6.45) is 0. The lowest BCUT2D eigenvalue weighted by atomic mass is 10.2. The van der Waals surface area contributed by atoms with Gasteiger partial charge in [0.15, 0.2) is 11.5 Å². The Labute approximate surface area is 112 Å². The zero-order valence-corrected chi connectivity index (χ0v) is 11.3. The zero-order chi connectivity index (χ0) is 13.1. The van der Waals surface area contributed by atoms with Crippen LogP contribution in [0.15, 0.2) is 10.8 Å².